The summed E-state index contributed by atoms with van der Waals surface area (Å²) in [6.07, 6.45) is 1.95. The fourth-order valence-electron chi connectivity index (χ4n) is 3.86. The molecule has 1 N–H and O–H groups in total. The average molecular weight is 374 g/mol. The zero-order valence-corrected chi connectivity index (χ0v) is 16.2. The first-order valence-corrected chi connectivity index (χ1v) is 9.86. The molecule has 0 aliphatic carbocycles. The Morgan fingerprint density at radius 3 is 2.57 bits per heavy atom. The molecule has 144 valence electrons. The van der Waals surface area contributed by atoms with Gasteiger partial charge in [-0.05, 0) is 53.4 Å². The summed E-state index contributed by atoms with van der Waals surface area (Å²) in [5.41, 5.74) is 2.00. The molecule has 1 aliphatic heterocycles. The van der Waals surface area contributed by atoms with Gasteiger partial charge < -0.3 is 10.1 Å². The van der Waals surface area contributed by atoms with E-state index in [1.807, 2.05) is 18.2 Å². The molecule has 0 bridgehead atoms. The molecule has 0 radical (unpaired) electrons. The monoisotopic (exact) mass is 374 g/mol. The number of benzene rings is 3. The van der Waals surface area contributed by atoms with E-state index in [2.05, 4.69) is 52.7 Å². The van der Waals surface area contributed by atoms with Crippen molar-refractivity contribution in [2.24, 2.45) is 0 Å². The fourth-order valence-corrected chi connectivity index (χ4v) is 3.86. The Labute approximate surface area is 166 Å². The van der Waals surface area contributed by atoms with E-state index in [-0.39, 0.29) is 11.9 Å². The number of methoxy groups -OCH3 is 1. The molecule has 0 saturated carbocycles. The number of carbonyl (C=O) groups excluding carboxylic acids is 1. The van der Waals surface area contributed by atoms with Gasteiger partial charge in [-0.25, -0.2) is 0 Å². The predicted molar refractivity (Wildman–Crippen MR) is 113 cm³/mol. The van der Waals surface area contributed by atoms with Crippen LogP contribution in [0.4, 0.5) is 0 Å². The summed E-state index contributed by atoms with van der Waals surface area (Å²) in [6, 6.07) is 22.7. The van der Waals surface area contributed by atoms with Gasteiger partial charge in [-0.2, -0.15) is 0 Å². The maximum absolute atomic E-state index is 12.5. The van der Waals surface area contributed by atoms with Gasteiger partial charge in [-0.1, -0.05) is 42.5 Å². The second-order valence-corrected chi connectivity index (χ2v) is 7.44. The van der Waals surface area contributed by atoms with Crippen LogP contribution < -0.4 is 10.1 Å². The number of ether oxygens (including phenoxy) is 1. The van der Waals surface area contributed by atoms with E-state index in [4.69, 9.17) is 4.74 Å². The molecule has 1 fully saturated rings. The Morgan fingerprint density at radius 1 is 1.00 bits per heavy atom. The number of likely N-dealkylation sites (tertiary alicyclic amines) is 1. The molecule has 3 aromatic carbocycles. The Morgan fingerprint density at radius 2 is 1.79 bits per heavy atom. The Balaban J connectivity index is 1.30. The van der Waals surface area contributed by atoms with Crippen LogP contribution in [0.15, 0.2) is 66.7 Å². The van der Waals surface area contributed by atoms with Crippen LogP contribution in [-0.4, -0.2) is 37.0 Å². The summed E-state index contributed by atoms with van der Waals surface area (Å²) in [5, 5.41) is 5.75. The lowest BCUT2D eigenvalue weighted by atomic mass is 10.0. The topological polar surface area (TPSA) is 41.6 Å². The fraction of sp³-hybridized carbons (Fsp3) is 0.292. The SMILES string of the molecule is COc1cccc(C(=O)NC2CCN(Cc3ccc4ccccc4c3)CC2)c1. The standard InChI is InChI=1S/C24H26N2O2/c1-28-23-8-4-7-21(16-23)24(27)25-22-11-13-26(14-12-22)17-18-9-10-19-5-2-3-6-20(19)15-18/h2-10,15-16,22H,11-14,17H2,1H3,(H,25,27). The molecular weight excluding hydrogens is 348 g/mol. The first-order valence-electron chi connectivity index (χ1n) is 9.86. The molecule has 0 spiro atoms. The Bertz CT molecular complexity index is 961. The van der Waals surface area contributed by atoms with Gasteiger partial charge in [-0.15, -0.1) is 0 Å². The average Bonchev–Trinajstić information content (AvgIpc) is 2.75. The van der Waals surface area contributed by atoms with Gasteiger partial charge in [0.2, 0.25) is 0 Å². The maximum Gasteiger partial charge on any atom is 0.251 e. The van der Waals surface area contributed by atoms with Crippen LogP contribution in [0.3, 0.4) is 0 Å². The lowest BCUT2D eigenvalue weighted by molar-refractivity contribution is 0.0908. The van der Waals surface area contributed by atoms with E-state index in [0.717, 1.165) is 32.5 Å². The van der Waals surface area contributed by atoms with Crippen molar-refractivity contribution in [2.75, 3.05) is 20.2 Å². The molecule has 0 aromatic heterocycles. The highest BCUT2D eigenvalue weighted by atomic mass is 16.5. The van der Waals surface area contributed by atoms with Gasteiger partial charge in [0.05, 0.1) is 7.11 Å². The molecule has 28 heavy (non-hydrogen) atoms. The Hall–Kier alpha value is -2.85. The largest absolute Gasteiger partial charge is 0.497 e. The smallest absolute Gasteiger partial charge is 0.251 e. The first-order chi connectivity index (χ1) is 13.7. The third-order valence-corrected chi connectivity index (χ3v) is 5.47. The summed E-state index contributed by atoms with van der Waals surface area (Å²) in [7, 11) is 1.61. The maximum atomic E-state index is 12.5. The van der Waals surface area contributed by atoms with Crippen LogP contribution in [0.25, 0.3) is 10.8 Å². The zero-order valence-electron chi connectivity index (χ0n) is 16.2. The number of nitrogens with zero attached hydrogens (tertiary/aromatic N) is 1. The number of piperidine rings is 1. The van der Waals surface area contributed by atoms with Crippen LogP contribution in [0, 0.1) is 0 Å². The van der Waals surface area contributed by atoms with Crippen molar-refractivity contribution in [1.29, 1.82) is 0 Å². The highest BCUT2D eigenvalue weighted by molar-refractivity contribution is 5.94. The second-order valence-electron chi connectivity index (χ2n) is 7.44. The van der Waals surface area contributed by atoms with E-state index in [1.165, 1.54) is 16.3 Å². The summed E-state index contributed by atoms with van der Waals surface area (Å²) in [4.78, 5) is 15.0. The molecule has 0 unspecified atom stereocenters. The van der Waals surface area contributed by atoms with Crippen molar-refractivity contribution in [3.8, 4) is 5.75 Å². The first kappa shape index (κ1) is 18.5. The highest BCUT2D eigenvalue weighted by Gasteiger charge is 2.21. The van der Waals surface area contributed by atoms with Crippen molar-refractivity contribution in [3.05, 3.63) is 77.9 Å². The molecule has 1 aliphatic rings. The highest BCUT2D eigenvalue weighted by Crippen LogP contribution is 2.19. The summed E-state index contributed by atoms with van der Waals surface area (Å²) in [5.74, 6) is 0.685. The molecule has 4 rings (SSSR count). The predicted octanol–water partition coefficient (Wildman–Crippen LogP) is 4.24. The minimum Gasteiger partial charge on any atom is -0.497 e. The number of hydrogen-bond acceptors (Lipinski definition) is 3. The van der Waals surface area contributed by atoms with Crippen molar-refractivity contribution >= 4 is 16.7 Å². The van der Waals surface area contributed by atoms with E-state index < -0.39 is 0 Å². The zero-order chi connectivity index (χ0) is 19.3. The van der Waals surface area contributed by atoms with Gasteiger partial charge in [-0.3, -0.25) is 9.69 Å². The van der Waals surface area contributed by atoms with Crippen LogP contribution in [0.2, 0.25) is 0 Å². The summed E-state index contributed by atoms with van der Waals surface area (Å²) >= 11 is 0. The van der Waals surface area contributed by atoms with Gasteiger partial charge in [0, 0.05) is 31.2 Å². The van der Waals surface area contributed by atoms with Gasteiger partial charge in [0.1, 0.15) is 5.75 Å². The van der Waals surface area contributed by atoms with E-state index in [0.29, 0.717) is 11.3 Å². The van der Waals surface area contributed by atoms with Crippen LogP contribution in [-0.2, 0) is 6.54 Å². The molecule has 4 heteroatoms. The minimum atomic E-state index is -0.0214. The van der Waals surface area contributed by atoms with Gasteiger partial charge >= 0.3 is 0 Å². The summed E-state index contributed by atoms with van der Waals surface area (Å²) < 4.78 is 5.21. The summed E-state index contributed by atoms with van der Waals surface area (Å²) in [6.45, 7) is 2.95. The van der Waals surface area contributed by atoms with Gasteiger partial charge in [0.15, 0.2) is 0 Å². The van der Waals surface area contributed by atoms with E-state index in [1.54, 1.807) is 13.2 Å². The lowest BCUT2D eigenvalue weighted by Crippen LogP contribution is -2.44. The third kappa shape index (κ3) is 4.34. The minimum absolute atomic E-state index is 0.0214. The number of fused-ring (bicyclic) bond motifs is 1. The number of rotatable bonds is 5. The van der Waals surface area contributed by atoms with Gasteiger partial charge in [0.25, 0.3) is 5.91 Å². The lowest BCUT2D eigenvalue weighted by Gasteiger charge is -2.32. The molecule has 1 heterocycles. The van der Waals surface area contributed by atoms with Crippen molar-refractivity contribution in [1.82, 2.24) is 10.2 Å². The molecule has 3 aromatic rings. The van der Waals surface area contributed by atoms with Crippen molar-refractivity contribution in [2.45, 2.75) is 25.4 Å². The Kier molecular flexibility index (Phi) is 5.58. The van der Waals surface area contributed by atoms with Crippen LogP contribution in [0.1, 0.15) is 28.8 Å². The van der Waals surface area contributed by atoms with Crippen molar-refractivity contribution in [3.63, 3.8) is 0 Å². The quantitative estimate of drug-likeness (QED) is 0.726. The molecule has 0 atom stereocenters. The van der Waals surface area contributed by atoms with Crippen LogP contribution in [0.5, 0.6) is 5.75 Å². The normalized spacial score (nSPS) is 15.5. The van der Waals surface area contributed by atoms with Crippen molar-refractivity contribution < 1.29 is 9.53 Å². The van der Waals surface area contributed by atoms with Crippen LogP contribution >= 0.6 is 0 Å². The number of hydrogen-bond donors (Lipinski definition) is 1. The number of carbonyl (C=O) groups is 1. The third-order valence-electron chi connectivity index (χ3n) is 5.47. The molecule has 1 amide bonds. The number of nitrogens with one attached hydrogen (secondary N) is 1. The molecule has 1 saturated heterocycles. The number of amides is 1. The second kappa shape index (κ2) is 8.44. The van der Waals surface area contributed by atoms with E-state index in [9.17, 15) is 4.79 Å². The van der Waals surface area contributed by atoms with E-state index >= 15 is 0 Å². The molecule has 4 nitrogen and oxygen atoms in total. The molecular formula is C24H26N2O2.